The first-order valence-corrected chi connectivity index (χ1v) is 9.72. The van der Waals surface area contributed by atoms with Crippen LogP contribution in [0.25, 0.3) is 0 Å². The van der Waals surface area contributed by atoms with Gasteiger partial charge in [0.25, 0.3) is 5.91 Å². The van der Waals surface area contributed by atoms with E-state index in [1.807, 2.05) is 44.2 Å². The molecular formula is C19H19N3OS2. The number of rotatable bonds is 5. The highest BCUT2D eigenvalue weighted by atomic mass is 32.2. The van der Waals surface area contributed by atoms with E-state index < -0.39 is 0 Å². The maximum absolute atomic E-state index is 12.4. The number of hydrogen-bond donors (Lipinski definition) is 1. The van der Waals surface area contributed by atoms with Crippen molar-refractivity contribution < 1.29 is 4.79 Å². The summed E-state index contributed by atoms with van der Waals surface area (Å²) < 4.78 is 0.846. The number of anilines is 1. The summed E-state index contributed by atoms with van der Waals surface area (Å²) in [4.78, 5) is 12.4. The van der Waals surface area contributed by atoms with Gasteiger partial charge in [-0.3, -0.25) is 10.1 Å². The van der Waals surface area contributed by atoms with Crippen molar-refractivity contribution in [2.24, 2.45) is 0 Å². The van der Waals surface area contributed by atoms with Gasteiger partial charge in [0, 0.05) is 11.3 Å². The molecule has 1 amide bonds. The number of hydrogen-bond acceptors (Lipinski definition) is 5. The first-order chi connectivity index (χ1) is 12.0. The smallest absolute Gasteiger partial charge is 0.257 e. The molecule has 0 fully saturated rings. The lowest BCUT2D eigenvalue weighted by atomic mass is 10.1. The van der Waals surface area contributed by atoms with Crippen molar-refractivity contribution in [3.05, 3.63) is 70.3 Å². The Balaban J connectivity index is 1.63. The summed E-state index contributed by atoms with van der Waals surface area (Å²) in [6.07, 6.45) is 0. The average molecular weight is 370 g/mol. The summed E-state index contributed by atoms with van der Waals surface area (Å²) in [5, 5.41) is 11.6. The minimum absolute atomic E-state index is 0.149. The maximum Gasteiger partial charge on any atom is 0.257 e. The Kier molecular flexibility index (Phi) is 5.50. The molecule has 3 aromatic rings. The molecule has 128 valence electrons. The Morgan fingerprint density at radius 2 is 1.88 bits per heavy atom. The highest BCUT2D eigenvalue weighted by molar-refractivity contribution is 8.00. The van der Waals surface area contributed by atoms with Crippen molar-refractivity contribution in [1.29, 1.82) is 0 Å². The number of carbonyl (C=O) groups is 1. The third-order valence-corrected chi connectivity index (χ3v) is 5.89. The van der Waals surface area contributed by atoms with Crippen LogP contribution in [0, 0.1) is 20.8 Å². The van der Waals surface area contributed by atoms with Gasteiger partial charge in [-0.2, -0.15) is 0 Å². The fourth-order valence-electron chi connectivity index (χ4n) is 2.46. The number of amides is 1. The van der Waals surface area contributed by atoms with Crippen molar-refractivity contribution in [3.8, 4) is 0 Å². The van der Waals surface area contributed by atoms with Gasteiger partial charge in [-0.25, -0.2) is 0 Å². The van der Waals surface area contributed by atoms with E-state index in [1.165, 1.54) is 22.5 Å². The van der Waals surface area contributed by atoms with Crippen LogP contribution in [0.2, 0.25) is 0 Å². The zero-order valence-corrected chi connectivity index (χ0v) is 16.0. The van der Waals surface area contributed by atoms with Crippen LogP contribution >= 0.6 is 23.1 Å². The third kappa shape index (κ3) is 4.46. The van der Waals surface area contributed by atoms with E-state index in [-0.39, 0.29) is 5.91 Å². The van der Waals surface area contributed by atoms with Crippen LogP contribution < -0.4 is 5.32 Å². The summed E-state index contributed by atoms with van der Waals surface area (Å²) in [6, 6.07) is 14.1. The zero-order valence-electron chi connectivity index (χ0n) is 14.4. The summed E-state index contributed by atoms with van der Waals surface area (Å²) in [7, 11) is 0. The van der Waals surface area contributed by atoms with Gasteiger partial charge in [0.05, 0.1) is 0 Å². The van der Waals surface area contributed by atoms with Crippen LogP contribution in [-0.4, -0.2) is 16.1 Å². The second-order valence-electron chi connectivity index (χ2n) is 5.86. The van der Waals surface area contributed by atoms with Gasteiger partial charge in [0.1, 0.15) is 0 Å². The fourth-order valence-corrected chi connectivity index (χ4v) is 4.29. The molecule has 0 aliphatic carbocycles. The van der Waals surface area contributed by atoms with E-state index in [9.17, 15) is 4.79 Å². The lowest BCUT2D eigenvalue weighted by Crippen LogP contribution is -2.13. The number of nitrogens with zero attached hydrogens (tertiary/aromatic N) is 2. The van der Waals surface area contributed by atoms with Crippen LogP contribution in [0.4, 0.5) is 5.13 Å². The first-order valence-electron chi connectivity index (χ1n) is 7.92. The summed E-state index contributed by atoms with van der Waals surface area (Å²) >= 11 is 3.03. The monoisotopic (exact) mass is 369 g/mol. The normalized spacial score (nSPS) is 10.7. The SMILES string of the molecule is Cc1ccc(C(=O)Nc2nnc(SCc3ccccc3C)s2)c(C)c1. The predicted molar refractivity (Wildman–Crippen MR) is 105 cm³/mol. The summed E-state index contributed by atoms with van der Waals surface area (Å²) in [6.45, 7) is 6.05. The first kappa shape index (κ1) is 17.6. The second kappa shape index (κ2) is 7.80. The number of aryl methyl sites for hydroxylation is 3. The van der Waals surface area contributed by atoms with Crippen molar-refractivity contribution >= 4 is 34.1 Å². The molecular weight excluding hydrogens is 350 g/mol. The van der Waals surface area contributed by atoms with Crippen LogP contribution in [0.15, 0.2) is 46.8 Å². The van der Waals surface area contributed by atoms with Crippen LogP contribution in [0.1, 0.15) is 32.6 Å². The van der Waals surface area contributed by atoms with Gasteiger partial charge in [-0.05, 0) is 43.5 Å². The Labute approximate surface area is 155 Å². The highest BCUT2D eigenvalue weighted by Crippen LogP contribution is 2.29. The van der Waals surface area contributed by atoms with E-state index in [0.717, 1.165) is 21.2 Å². The zero-order chi connectivity index (χ0) is 17.8. The minimum atomic E-state index is -0.149. The fraction of sp³-hybridized carbons (Fsp3) is 0.211. The quantitative estimate of drug-likeness (QED) is 0.507. The summed E-state index contributed by atoms with van der Waals surface area (Å²) in [5.74, 6) is 0.691. The number of nitrogens with one attached hydrogen (secondary N) is 1. The molecule has 0 aliphatic heterocycles. The molecule has 0 bridgehead atoms. The lowest BCUT2D eigenvalue weighted by molar-refractivity contribution is 0.102. The second-order valence-corrected chi connectivity index (χ2v) is 8.06. The van der Waals surface area contributed by atoms with Crippen LogP contribution in [0.5, 0.6) is 0 Å². The number of aromatic nitrogens is 2. The standard InChI is InChI=1S/C19H19N3OS2/c1-12-8-9-16(14(3)10-12)17(23)20-18-21-22-19(25-18)24-11-15-7-5-4-6-13(15)2/h4-10H,11H2,1-3H3,(H,20,21,23). The van der Waals surface area contributed by atoms with E-state index in [0.29, 0.717) is 10.7 Å². The Hall–Kier alpha value is -2.18. The van der Waals surface area contributed by atoms with E-state index in [2.05, 4.69) is 34.6 Å². The molecule has 2 aromatic carbocycles. The van der Waals surface area contributed by atoms with E-state index in [4.69, 9.17) is 0 Å². The van der Waals surface area contributed by atoms with Crippen molar-refractivity contribution in [1.82, 2.24) is 10.2 Å². The van der Waals surface area contributed by atoms with Crippen LogP contribution in [0.3, 0.4) is 0 Å². The van der Waals surface area contributed by atoms with Gasteiger partial charge in [-0.1, -0.05) is 65.1 Å². The van der Waals surface area contributed by atoms with Gasteiger partial charge in [0.15, 0.2) is 4.34 Å². The van der Waals surface area contributed by atoms with Crippen LogP contribution in [-0.2, 0) is 5.75 Å². The lowest BCUT2D eigenvalue weighted by Gasteiger charge is -2.05. The Morgan fingerprint density at radius 1 is 1.08 bits per heavy atom. The Bertz CT molecular complexity index is 905. The van der Waals surface area contributed by atoms with E-state index in [1.54, 1.807) is 11.8 Å². The molecule has 4 nitrogen and oxygen atoms in total. The molecule has 0 unspecified atom stereocenters. The average Bonchev–Trinajstić information content (AvgIpc) is 3.01. The summed E-state index contributed by atoms with van der Waals surface area (Å²) in [5.41, 5.74) is 5.30. The molecule has 0 radical (unpaired) electrons. The van der Waals surface area contributed by atoms with Gasteiger partial charge < -0.3 is 0 Å². The molecule has 6 heteroatoms. The van der Waals surface area contributed by atoms with Crippen molar-refractivity contribution in [2.75, 3.05) is 5.32 Å². The molecule has 25 heavy (non-hydrogen) atoms. The number of benzene rings is 2. The molecule has 1 heterocycles. The van der Waals surface area contributed by atoms with Gasteiger partial charge in [0.2, 0.25) is 5.13 Å². The predicted octanol–water partition coefficient (Wildman–Crippen LogP) is 5.01. The minimum Gasteiger partial charge on any atom is -0.296 e. The van der Waals surface area contributed by atoms with Gasteiger partial charge >= 0.3 is 0 Å². The maximum atomic E-state index is 12.4. The number of thioether (sulfide) groups is 1. The molecule has 1 aromatic heterocycles. The molecule has 1 N–H and O–H groups in total. The molecule has 0 aliphatic rings. The molecule has 0 atom stereocenters. The molecule has 0 spiro atoms. The van der Waals surface area contributed by atoms with E-state index >= 15 is 0 Å². The molecule has 0 saturated carbocycles. The molecule has 3 rings (SSSR count). The Morgan fingerprint density at radius 3 is 2.64 bits per heavy atom. The third-order valence-electron chi connectivity index (χ3n) is 3.87. The topological polar surface area (TPSA) is 54.9 Å². The largest absolute Gasteiger partial charge is 0.296 e. The molecule has 0 saturated heterocycles. The highest BCUT2D eigenvalue weighted by Gasteiger charge is 2.13. The van der Waals surface area contributed by atoms with Crippen molar-refractivity contribution in [2.45, 2.75) is 30.9 Å². The number of carbonyl (C=O) groups excluding carboxylic acids is 1. The van der Waals surface area contributed by atoms with Gasteiger partial charge in [-0.15, -0.1) is 10.2 Å². The van der Waals surface area contributed by atoms with Crippen molar-refractivity contribution in [3.63, 3.8) is 0 Å².